The van der Waals surface area contributed by atoms with E-state index in [-0.39, 0.29) is 155 Å². The summed E-state index contributed by atoms with van der Waals surface area (Å²) in [6.07, 6.45) is -0.610. The van der Waals surface area contributed by atoms with Gasteiger partial charge in [-0.2, -0.15) is 0 Å². The number of esters is 1. The van der Waals surface area contributed by atoms with Gasteiger partial charge in [-0.25, -0.2) is 4.79 Å². The number of benzene rings is 9. The van der Waals surface area contributed by atoms with Crippen molar-refractivity contribution in [2.24, 2.45) is 5.92 Å². The smallest absolute Gasteiger partial charge is 0.338 e. The molecule has 12 aromatic rings. The van der Waals surface area contributed by atoms with Gasteiger partial charge in [0.2, 0.25) is 11.2 Å². The third-order valence-corrected chi connectivity index (χ3v) is 16.7. The Morgan fingerprint density at radius 2 is 1.00 bits per heavy atom. The predicted molar refractivity (Wildman–Crippen MR) is 377 cm³/mol. The van der Waals surface area contributed by atoms with Gasteiger partial charge >= 0.3 is 5.97 Å². The molecule has 0 spiro atoms. The number of nitrogens with two attached hydrogens (primary N) is 1. The lowest BCUT2D eigenvalue weighted by Crippen LogP contribution is -2.43. The molecule has 22 N–H and O–H groups in total. The van der Waals surface area contributed by atoms with Crippen LogP contribution >= 0.6 is 0 Å². The summed E-state index contributed by atoms with van der Waals surface area (Å²) in [5.74, 6) is -9.20. The number of phenols is 16. The molecule has 0 bridgehead atoms. The number of nitrogen functional groups attached to an aromatic ring is 1. The number of aromatic hydroxyl groups is 17. The zero-order valence-corrected chi connectivity index (χ0v) is 54.8. The highest BCUT2D eigenvalue weighted by Crippen LogP contribution is 2.48. The molecular formula is C76H61NO30. The van der Waals surface area contributed by atoms with Gasteiger partial charge in [0, 0.05) is 114 Å². The number of fused-ring (bicyclic) bond motifs is 5. The number of phenolic OH excluding ortho intramolecular Hbond substituents is 16. The summed E-state index contributed by atoms with van der Waals surface area (Å²) in [6.45, 7) is 0. The van der Waals surface area contributed by atoms with E-state index in [1.165, 1.54) is 54.6 Å². The molecule has 1 aliphatic carbocycles. The molecule has 3 aliphatic rings. The topological polar surface area (TPSA) is 566 Å². The summed E-state index contributed by atoms with van der Waals surface area (Å²) >= 11 is 0. The Morgan fingerprint density at radius 1 is 0.458 bits per heavy atom. The molecule has 0 fully saturated rings. The largest absolute Gasteiger partial charge is 0.508 e. The monoisotopic (exact) mass is 1470 g/mol. The van der Waals surface area contributed by atoms with Crippen molar-refractivity contribution in [3.8, 4) is 132 Å². The summed E-state index contributed by atoms with van der Waals surface area (Å²) in [5.41, 5.74) is 5.66. The van der Waals surface area contributed by atoms with Gasteiger partial charge in [0.1, 0.15) is 120 Å². The number of rotatable bonds is 6. The molecule has 3 aromatic heterocycles. The number of carbonyl (C=O) groups is 1. The average Bonchev–Trinajstić information content (AvgIpc) is 0.388. The number of aliphatic hydroxyl groups is 3. The zero-order valence-electron chi connectivity index (χ0n) is 54.8. The lowest BCUT2D eigenvalue weighted by Gasteiger charge is -2.35. The van der Waals surface area contributed by atoms with E-state index >= 15 is 0 Å². The van der Waals surface area contributed by atoms with E-state index in [9.17, 15) is 121 Å². The molecule has 5 atom stereocenters. The van der Waals surface area contributed by atoms with Crippen LogP contribution in [0, 0.1) is 5.92 Å². The van der Waals surface area contributed by atoms with E-state index in [0.717, 1.165) is 60.2 Å². The second kappa shape index (κ2) is 30.0. The summed E-state index contributed by atoms with van der Waals surface area (Å²) in [5, 5.41) is 194. The highest BCUT2D eigenvalue weighted by Gasteiger charge is 2.39. The van der Waals surface area contributed by atoms with Crippen LogP contribution in [0.3, 0.4) is 0 Å². The first kappa shape index (κ1) is 73.3. The van der Waals surface area contributed by atoms with E-state index in [4.69, 9.17) is 33.2 Å². The van der Waals surface area contributed by atoms with Crippen molar-refractivity contribution in [3.05, 3.63) is 234 Å². The summed E-state index contributed by atoms with van der Waals surface area (Å²) < 4.78 is 33.0. The lowest BCUT2D eigenvalue weighted by molar-refractivity contribution is -0.0189. The van der Waals surface area contributed by atoms with Crippen LogP contribution in [0.4, 0.5) is 5.88 Å². The van der Waals surface area contributed by atoms with Gasteiger partial charge in [-0.15, -0.1) is 0 Å². The minimum absolute atomic E-state index is 0.0304. The van der Waals surface area contributed by atoms with E-state index in [1.54, 1.807) is 30.3 Å². The van der Waals surface area contributed by atoms with E-state index < -0.39 is 87.6 Å². The highest BCUT2D eigenvalue weighted by atomic mass is 16.6. The Labute approximate surface area is 598 Å². The van der Waals surface area contributed by atoms with Crippen LogP contribution in [0.15, 0.2) is 209 Å². The Kier molecular flexibility index (Phi) is 20.5. The zero-order chi connectivity index (χ0) is 77.1. The molecule has 15 rings (SSSR count). The predicted octanol–water partition coefficient (Wildman–Crippen LogP) is 10.1. The number of para-hydroxylation sites is 1. The Balaban J connectivity index is 0.000000138. The Bertz CT molecular complexity index is 5680. The van der Waals surface area contributed by atoms with Crippen LogP contribution in [-0.4, -0.2) is 126 Å². The first-order chi connectivity index (χ1) is 50.8. The SMILES string of the molecule is Nc1cc(=O)c2ccccc2o1.O=C(O[C@@H]1Cc2c(O)cc(O)cc2O[C@@H]1c1cc(O)c(O)c(O)c1)c1cc(O)c(O)c(O)c1.O=c1c(O)c(-c2ccc(O)cc2O)oc2cc(O)cc(O)c12.O=c1cc(-c2ccccc2)oc2cc(O)cc(O)c12.OC1=C(O)CC([C@H]2Oc3cc(O)cc(O)c3C[C@H]2O)C=C1. The number of ether oxygens (including phenoxy) is 3. The molecule has 31 nitrogen and oxygen atoms in total. The maximum Gasteiger partial charge on any atom is 0.338 e. The maximum absolute atomic E-state index is 12.7. The van der Waals surface area contributed by atoms with Gasteiger partial charge in [-0.1, -0.05) is 48.5 Å². The van der Waals surface area contributed by atoms with E-state index in [0.29, 0.717) is 28.0 Å². The molecule has 1 unspecified atom stereocenters. The highest BCUT2D eigenvalue weighted by molar-refractivity contribution is 5.92. The van der Waals surface area contributed by atoms with Crippen molar-refractivity contribution < 1.29 is 134 Å². The standard InChI is InChI=1S/C22H18O11.C15H10O7.C15H16O6.C15H10O4.C9H7NO2/c23-10-5-12(24)11-7-18(33-22(31)9-3-15(27)20(30)16(28)4-9)21(32-17(11)6-10)8-1-13(25)19(29)14(26)2-8;16-6-1-2-8(9(18)3-6)15-14(21)13(20)12-10(19)4-7(17)5-11(12)22-15;16-8-4-11(18)9-6-13(20)15(21-14(9)5-8)7-1-2-10(17)12(19)3-7;16-10-6-11(17)15-12(18)8-13(19-14(15)7-10)9-4-2-1-3-5-9;10-9-5-7(11)6-3-1-2-4-8(6)12-9/h1-6,18,21,23-30H,7H2;1-5,16-19,21H;1-2,4-5,7,13,15-20H,3,6H2;1-8,16-17H;1-5H,10H2/t18-,21-;;7?,13-,15-;;/m1.1../s1. The maximum atomic E-state index is 12.7. The minimum Gasteiger partial charge on any atom is -0.508 e. The first-order valence-corrected chi connectivity index (χ1v) is 31.5. The molecule has 5 heterocycles. The third kappa shape index (κ3) is 15.8. The van der Waals surface area contributed by atoms with Crippen molar-refractivity contribution in [3.63, 3.8) is 0 Å². The number of aliphatic hydroxyl groups excluding tert-OH is 3. The van der Waals surface area contributed by atoms with E-state index in [2.05, 4.69) is 0 Å². The van der Waals surface area contributed by atoms with Gasteiger partial charge < -0.3 is 135 Å². The quantitative estimate of drug-likeness (QED) is 0.0543. The normalized spacial score (nSPS) is 16.1. The molecule has 0 saturated carbocycles. The van der Waals surface area contributed by atoms with Crippen molar-refractivity contribution in [1.82, 2.24) is 0 Å². The van der Waals surface area contributed by atoms with Gasteiger partial charge in [0.25, 0.3) is 0 Å². The Hall–Kier alpha value is -14.9. The number of hydrogen-bond acceptors (Lipinski definition) is 31. The van der Waals surface area contributed by atoms with Gasteiger partial charge in [0.15, 0.2) is 68.9 Å². The van der Waals surface area contributed by atoms with Gasteiger partial charge in [0.05, 0.1) is 22.6 Å². The summed E-state index contributed by atoms with van der Waals surface area (Å²) in [6, 6.07) is 35.5. The molecule has 0 amide bonds. The molecule has 9 aromatic carbocycles. The summed E-state index contributed by atoms with van der Waals surface area (Å²) in [4.78, 5) is 48.1. The van der Waals surface area contributed by atoms with Crippen molar-refractivity contribution in [1.29, 1.82) is 0 Å². The number of anilines is 1. The van der Waals surface area contributed by atoms with Crippen LogP contribution in [0.25, 0.3) is 55.6 Å². The fourth-order valence-electron chi connectivity index (χ4n) is 11.6. The number of allylic oxidation sites excluding steroid dienone is 2. The molecule has 0 saturated heterocycles. The summed E-state index contributed by atoms with van der Waals surface area (Å²) in [7, 11) is 0. The van der Waals surface area contributed by atoms with Gasteiger partial charge in [-0.3, -0.25) is 14.4 Å². The van der Waals surface area contributed by atoms with Crippen LogP contribution in [0.5, 0.6) is 109 Å². The fourth-order valence-corrected chi connectivity index (χ4v) is 11.6. The molecule has 31 heteroatoms. The molecule has 2 aliphatic heterocycles. The molecule has 0 radical (unpaired) electrons. The molecular weight excluding hydrogens is 1410 g/mol. The van der Waals surface area contributed by atoms with Crippen LogP contribution in [0.2, 0.25) is 0 Å². The van der Waals surface area contributed by atoms with Crippen molar-refractivity contribution >= 4 is 44.8 Å². The van der Waals surface area contributed by atoms with Crippen LogP contribution < -0.4 is 31.5 Å². The molecule has 107 heavy (non-hydrogen) atoms. The van der Waals surface area contributed by atoms with E-state index in [1.807, 2.05) is 30.3 Å². The van der Waals surface area contributed by atoms with Crippen molar-refractivity contribution in [2.45, 2.75) is 43.7 Å². The van der Waals surface area contributed by atoms with Crippen molar-refractivity contribution in [2.75, 3.05) is 5.73 Å². The third-order valence-electron chi connectivity index (χ3n) is 16.7. The van der Waals surface area contributed by atoms with Gasteiger partial charge in [-0.05, 0) is 54.6 Å². The Morgan fingerprint density at radius 3 is 1.62 bits per heavy atom. The van der Waals surface area contributed by atoms with Crippen LogP contribution in [-0.2, 0) is 17.6 Å². The fraction of sp³-hybridized carbons (Fsp3) is 0.105. The lowest BCUT2D eigenvalue weighted by atomic mass is 9.86. The first-order valence-electron chi connectivity index (χ1n) is 31.5. The molecule has 550 valence electrons. The number of hydrogen-bond donors (Lipinski definition) is 21. The average molecular weight is 1470 g/mol. The number of carbonyl (C=O) groups excluding carboxylic acids is 1. The van der Waals surface area contributed by atoms with Crippen LogP contribution in [0.1, 0.15) is 39.6 Å². The second-order valence-corrected chi connectivity index (χ2v) is 24.1. The minimum atomic E-state index is -1.18. The second-order valence-electron chi connectivity index (χ2n) is 24.1.